The monoisotopic (exact) mass is 591 g/mol. The number of ether oxygens (including phenoxy) is 1. The maximum absolute atomic E-state index is 13.0. The first kappa shape index (κ1) is 30.1. The van der Waals surface area contributed by atoms with Gasteiger partial charge in [-0.15, -0.1) is 0 Å². The average molecular weight is 592 g/mol. The Labute approximate surface area is 253 Å². The highest BCUT2D eigenvalue weighted by atomic mass is 35.5. The molecule has 1 fully saturated rings. The van der Waals surface area contributed by atoms with Crippen molar-refractivity contribution in [3.8, 4) is 16.9 Å². The van der Waals surface area contributed by atoms with Crippen LogP contribution in [-0.2, 0) is 20.0 Å². The topological polar surface area (TPSA) is 75.8 Å². The highest BCUT2D eigenvalue weighted by Gasteiger charge is 2.26. The second-order valence-electron chi connectivity index (χ2n) is 11.6. The first-order valence-electron chi connectivity index (χ1n) is 14.7. The Bertz CT molecular complexity index is 1590. The zero-order chi connectivity index (χ0) is 30.1. The summed E-state index contributed by atoms with van der Waals surface area (Å²) >= 11 is 6.33. The number of piperazine rings is 1. The SMILES string of the molecule is Cc1cc(OCCCc2c(C(=O)O)n(CCN3CCN(C)CC3)c3c(-c4c(C)nn(C)c4C)cccc23)cc(C)c1Cl. The summed E-state index contributed by atoms with van der Waals surface area (Å²) in [5.41, 5.74) is 8.29. The van der Waals surface area contributed by atoms with Crippen molar-refractivity contribution in [1.29, 1.82) is 0 Å². The van der Waals surface area contributed by atoms with E-state index in [0.717, 1.165) is 93.6 Å². The lowest BCUT2D eigenvalue weighted by molar-refractivity contribution is 0.0682. The number of fused-ring (bicyclic) bond motifs is 1. The number of nitrogens with zero attached hydrogens (tertiary/aromatic N) is 5. The lowest BCUT2D eigenvalue weighted by Crippen LogP contribution is -2.45. The Hall–Kier alpha value is -3.33. The van der Waals surface area contributed by atoms with Crippen LogP contribution in [0.25, 0.3) is 22.0 Å². The third-order valence-electron chi connectivity index (χ3n) is 8.65. The van der Waals surface area contributed by atoms with Gasteiger partial charge < -0.3 is 19.3 Å². The highest BCUT2D eigenvalue weighted by Crippen LogP contribution is 2.38. The quantitative estimate of drug-likeness (QED) is 0.232. The molecule has 1 N–H and O–H groups in total. The molecule has 1 saturated heterocycles. The van der Waals surface area contributed by atoms with Crippen LogP contribution < -0.4 is 4.74 Å². The molecule has 9 heteroatoms. The molecular weight excluding hydrogens is 550 g/mol. The molecule has 42 heavy (non-hydrogen) atoms. The number of aromatic carboxylic acids is 1. The van der Waals surface area contributed by atoms with Crippen LogP contribution in [-0.4, -0.2) is 81.6 Å². The molecule has 0 radical (unpaired) electrons. The van der Waals surface area contributed by atoms with Crippen LogP contribution in [0, 0.1) is 27.7 Å². The van der Waals surface area contributed by atoms with E-state index in [1.807, 2.05) is 50.7 Å². The van der Waals surface area contributed by atoms with Crippen molar-refractivity contribution in [1.82, 2.24) is 24.1 Å². The van der Waals surface area contributed by atoms with Crippen molar-refractivity contribution in [2.45, 2.75) is 47.1 Å². The van der Waals surface area contributed by atoms with E-state index in [4.69, 9.17) is 16.3 Å². The molecule has 0 saturated carbocycles. The maximum Gasteiger partial charge on any atom is 0.352 e. The number of para-hydroxylation sites is 1. The van der Waals surface area contributed by atoms with Crippen molar-refractivity contribution in [2.24, 2.45) is 7.05 Å². The van der Waals surface area contributed by atoms with Gasteiger partial charge in [0, 0.05) is 73.5 Å². The van der Waals surface area contributed by atoms with Crippen LogP contribution in [0.3, 0.4) is 0 Å². The summed E-state index contributed by atoms with van der Waals surface area (Å²) in [6, 6.07) is 10.1. The first-order chi connectivity index (χ1) is 20.1. The fourth-order valence-corrected chi connectivity index (χ4v) is 6.42. The van der Waals surface area contributed by atoms with Gasteiger partial charge in [-0.05, 0) is 76.4 Å². The predicted molar refractivity (Wildman–Crippen MR) is 169 cm³/mol. The van der Waals surface area contributed by atoms with E-state index in [2.05, 4.69) is 45.6 Å². The number of carboxylic acids is 1. The largest absolute Gasteiger partial charge is 0.494 e. The van der Waals surface area contributed by atoms with Gasteiger partial charge in [-0.25, -0.2) is 4.79 Å². The molecule has 2 aromatic carbocycles. The van der Waals surface area contributed by atoms with Crippen molar-refractivity contribution >= 4 is 28.5 Å². The summed E-state index contributed by atoms with van der Waals surface area (Å²) in [5.74, 6) is -0.109. The smallest absolute Gasteiger partial charge is 0.352 e. The Morgan fingerprint density at radius 2 is 1.71 bits per heavy atom. The van der Waals surface area contributed by atoms with Crippen LogP contribution in [0.15, 0.2) is 30.3 Å². The van der Waals surface area contributed by atoms with E-state index in [-0.39, 0.29) is 0 Å². The molecular formula is C33H42ClN5O3. The number of benzene rings is 2. The molecule has 0 atom stereocenters. The summed E-state index contributed by atoms with van der Waals surface area (Å²) in [7, 11) is 4.10. The number of carbonyl (C=O) groups is 1. The summed E-state index contributed by atoms with van der Waals surface area (Å²) in [4.78, 5) is 17.7. The Kier molecular flexibility index (Phi) is 8.97. The molecule has 0 bridgehead atoms. The van der Waals surface area contributed by atoms with Gasteiger partial charge in [0.1, 0.15) is 11.4 Å². The zero-order valence-electron chi connectivity index (χ0n) is 25.6. The van der Waals surface area contributed by atoms with Crippen molar-refractivity contribution < 1.29 is 14.6 Å². The first-order valence-corrected chi connectivity index (χ1v) is 15.1. The number of rotatable bonds is 10. The molecule has 0 amide bonds. The molecule has 4 aromatic rings. The molecule has 8 nitrogen and oxygen atoms in total. The molecule has 1 aliphatic rings. The van der Waals surface area contributed by atoms with E-state index in [9.17, 15) is 9.90 Å². The number of halogens is 1. The van der Waals surface area contributed by atoms with Gasteiger partial charge in [0.25, 0.3) is 0 Å². The van der Waals surface area contributed by atoms with Gasteiger partial charge in [0.15, 0.2) is 0 Å². The van der Waals surface area contributed by atoms with Crippen molar-refractivity contribution in [2.75, 3.05) is 46.4 Å². The second kappa shape index (κ2) is 12.5. The minimum Gasteiger partial charge on any atom is -0.494 e. The van der Waals surface area contributed by atoms with Crippen LogP contribution in [0.1, 0.15) is 45.0 Å². The van der Waals surface area contributed by atoms with E-state index >= 15 is 0 Å². The van der Waals surface area contributed by atoms with Gasteiger partial charge in [0.2, 0.25) is 0 Å². The van der Waals surface area contributed by atoms with E-state index in [1.54, 1.807) is 0 Å². The van der Waals surface area contributed by atoms with Gasteiger partial charge in [0.05, 0.1) is 17.8 Å². The average Bonchev–Trinajstić information content (AvgIpc) is 3.41. The Morgan fingerprint density at radius 3 is 2.33 bits per heavy atom. The number of likely N-dealkylation sites (N-methyl/N-ethyl adjacent to an activating group) is 1. The van der Waals surface area contributed by atoms with E-state index < -0.39 is 5.97 Å². The summed E-state index contributed by atoms with van der Waals surface area (Å²) in [5, 5.41) is 17.0. The highest BCUT2D eigenvalue weighted by molar-refractivity contribution is 6.32. The van der Waals surface area contributed by atoms with Crippen LogP contribution in [0.4, 0.5) is 0 Å². The number of aromatic nitrogens is 3. The predicted octanol–water partition coefficient (Wildman–Crippen LogP) is 5.89. The van der Waals surface area contributed by atoms with Crippen molar-refractivity contribution in [3.63, 3.8) is 0 Å². The molecule has 2 aromatic heterocycles. The third kappa shape index (κ3) is 5.93. The molecule has 3 heterocycles. The number of aryl methyl sites for hydroxylation is 5. The molecule has 1 aliphatic heterocycles. The minimum atomic E-state index is -0.893. The maximum atomic E-state index is 13.0. The fourth-order valence-electron chi connectivity index (χ4n) is 6.31. The second-order valence-corrected chi connectivity index (χ2v) is 12.0. The molecule has 0 aliphatic carbocycles. The van der Waals surface area contributed by atoms with E-state index in [1.165, 1.54) is 0 Å². The number of carboxylic acid groups (broad SMARTS) is 1. The minimum absolute atomic E-state index is 0.379. The Balaban J connectivity index is 1.52. The lowest BCUT2D eigenvalue weighted by Gasteiger charge is -2.32. The van der Waals surface area contributed by atoms with Crippen LogP contribution >= 0.6 is 11.6 Å². The van der Waals surface area contributed by atoms with Crippen LogP contribution in [0.2, 0.25) is 5.02 Å². The Morgan fingerprint density at radius 1 is 1.02 bits per heavy atom. The molecule has 0 unspecified atom stereocenters. The van der Waals surface area contributed by atoms with Gasteiger partial charge in [-0.2, -0.15) is 5.10 Å². The fraction of sp³-hybridized carbons (Fsp3) is 0.455. The summed E-state index contributed by atoms with van der Waals surface area (Å²) in [6.07, 6.45) is 1.29. The summed E-state index contributed by atoms with van der Waals surface area (Å²) < 4.78 is 10.0. The molecule has 5 rings (SSSR count). The summed E-state index contributed by atoms with van der Waals surface area (Å²) in [6.45, 7) is 13.9. The normalized spacial score (nSPS) is 14.6. The molecule has 224 valence electrons. The van der Waals surface area contributed by atoms with Gasteiger partial charge in [-0.3, -0.25) is 9.58 Å². The standard InChI is InChI=1S/C33H42ClN5O3/c1-21-19-25(20-22(2)30(21)34)42-18-8-11-27-26-9-7-10-28(29-23(3)35-37(6)24(29)4)31(26)39(32(27)33(40)41)17-16-38-14-12-36(5)13-15-38/h7,9-10,19-20H,8,11-18H2,1-6H3,(H,40,41). The van der Waals surface area contributed by atoms with Gasteiger partial charge >= 0.3 is 5.97 Å². The van der Waals surface area contributed by atoms with Gasteiger partial charge in [-0.1, -0.05) is 29.8 Å². The molecule has 0 spiro atoms. The number of hydrogen-bond acceptors (Lipinski definition) is 5. The van der Waals surface area contributed by atoms with Crippen molar-refractivity contribution in [3.05, 3.63) is 69.1 Å². The number of hydrogen-bond donors (Lipinski definition) is 1. The van der Waals surface area contributed by atoms with E-state index in [0.29, 0.717) is 31.7 Å². The lowest BCUT2D eigenvalue weighted by atomic mass is 9.98. The third-order valence-corrected chi connectivity index (χ3v) is 9.25. The zero-order valence-corrected chi connectivity index (χ0v) is 26.4. The van der Waals surface area contributed by atoms with Crippen LogP contribution in [0.5, 0.6) is 5.75 Å².